The Kier molecular flexibility index (Phi) is 4.28. The van der Waals surface area contributed by atoms with Crippen LogP contribution in [0.15, 0.2) is 53.4 Å². The Morgan fingerprint density at radius 3 is 2.90 bits per heavy atom. The summed E-state index contributed by atoms with van der Waals surface area (Å²) in [5, 5.41) is 9.59. The van der Waals surface area contributed by atoms with Gasteiger partial charge in [-0.15, -0.1) is 11.8 Å². The molecular weight excluding hydrogens is 276 g/mol. The molecule has 0 fully saturated rings. The summed E-state index contributed by atoms with van der Waals surface area (Å²) in [6.07, 6.45) is 1.16. The molecule has 2 aromatic carbocycles. The van der Waals surface area contributed by atoms with Crippen LogP contribution in [0.25, 0.3) is 0 Å². The standard InChI is InChI=1S/C18H18N2S/c1-20(12-15-6-4-5-14(9-15)11-19)13-17-10-16-7-2-3-8-18(16)21-17/h2-9,17H,10,12-13H2,1H3. The SMILES string of the molecule is CN(Cc1cccc(C#N)c1)CC1Cc2ccccc2S1. The number of nitrogens with zero attached hydrogens (tertiary/aromatic N) is 2. The number of nitriles is 1. The maximum atomic E-state index is 8.96. The second-order valence-electron chi connectivity index (χ2n) is 5.56. The van der Waals surface area contributed by atoms with E-state index in [-0.39, 0.29) is 0 Å². The fourth-order valence-electron chi connectivity index (χ4n) is 2.82. The molecule has 3 heteroatoms. The Bertz CT molecular complexity index is 650. The molecule has 1 unspecified atom stereocenters. The van der Waals surface area contributed by atoms with Gasteiger partial charge in [-0.1, -0.05) is 30.3 Å². The molecule has 0 amide bonds. The zero-order valence-electron chi connectivity index (χ0n) is 12.1. The third-order valence-electron chi connectivity index (χ3n) is 3.74. The monoisotopic (exact) mass is 294 g/mol. The van der Waals surface area contributed by atoms with E-state index in [0.29, 0.717) is 5.25 Å². The van der Waals surface area contributed by atoms with E-state index >= 15 is 0 Å². The molecular formula is C18H18N2S. The Balaban J connectivity index is 1.58. The molecule has 0 N–H and O–H groups in total. The topological polar surface area (TPSA) is 27.0 Å². The van der Waals surface area contributed by atoms with E-state index in [4.69, 9.17) is 5.26 Å². The molecule has 1 heterocycles. The van der Waals surface area contributed by atoms with Crippen molar-refractivity contribution in [1.82, 2.24) is 4.90 Å². The van der Waals surface area contributed by atoms with Gasteiger partial charge in [-0.25, -0.2) is 0 Å². The van der Waals surface area contributed by atoms with E-state index in [0.717, 1.165) is 25.1 Å². The lowest BCUT2D eigenvalue weighted by Crippen LogP contribution is -2.26. The van der Waals surface area contributed by atoms with Gasteiger partial charge >= 0.3 is 0 Å². The van der Waals surface area contributed by atoms with Crippen LogP contribution in [0.5, 0.6) is 0 Å². The molecule has 0 spiro atoms. The first-order valence-electron chi connectivity index (χ1n) is 7.17. The zero-order chi connectivity index (χ0) is 14.7. The predicted molar refractivity (Wildman–Crippen MR) is 87.3 cm³/mol. The zero-order valence-corrected chi connectivity index (χ0v) is 12.9. The molecule has 106 valence electrons. The van der Waals surface area contributed by atoms with Gasteiger partial charge in [0, 0.05) is 23.2 Å². The summed E-state index contributed by atoms with van der Waals surface area (Å²) in [4.78, 5) is 3.78. The van der Waals surface area contributed by atoms with Crippen LogP contribution in [0.3, 0.4) is 0 Å². The summed E-state index contributed by atoms with van der Waals surface area (Å²) >= 11 is 1.99. The van der Waals surface area contributed by atoms with E-state index in [1.54, 1.807) is 0 Å². The highest BCUT2D eigenvalue weighted by Gasteiger charge is 2.22. The molecule has 21 heavy (non-hydrogen) atoms. The van der Waals surface area contributed by atoms with E-state index in [2.05, 4.69) is 48.3 Å². The molecule has 0 aromatic heterocycles. The third kappa shape index (κ3) is 3.47. The first-order chi connectivity index (χ1) is 10.2. The average Bonchev–Trinajstić information content (AvgIpc) is 2.89. The molecule has 1 aliphatic rings. The molecule has 3 rings (SSSR count). The van der Waals surface area contributed by atoms with Crippen LogP contribution in [0.2, 0.25) is 0 Å². The minimum Gasteiger partial charge on any atom is -0.301 e. The number of fused-ring (bicyclic) bond motifs is 1. The Morgan fingerprint density at radius 1 is 1.24 bits per heavy atom. The number of hydrogen-bond donors (Lipinski definition) is 0. The van der Waals surface area contributed by atoms with Crippen molar-refractivity contribution in [2.24, 2.45) is 0 Å². The van der Waals surface area contributed by atoms with Crippen LogP contribution in [0.4, 0.5) is 0 Å². The van der Waals surface area contributed by atoms with Crippen molar-refractivity contribution in [3.8, 4) is 6.07 Å². The second kappa shape index (κ2) is 6.34. The molecule has 2 nitrogen and oxygen atoms in total. The van der Waals surface area contributed by atoms with E-state index < -0.39 is 0 Å². The van der Waals surface area contributed by atoms with Crippen LogP contribution in [-0.4, -0.2) is 23.7 Å². The first-order valence-corrected chi connectivity index (χ1v) is 8.05. The van der Waals surface area contributed by atoms with Crippen LogP contribution in [-0.2, 0) is 13.0 Å². The summed E-state index contributed by atoms with van der Waals surface area (Å²) in [5.74, 6) is 0. The van der Waals surface area contributed by atoms with Crippen molar-refractivity contribution in [3.05, 3.63) is 65.2 Å². The van der Waals surface area contributed by atoms with Crippen LogP contribution >= 0.6 is 11.8 Å². The number of rotatable bonds is 4. The van der Waals surface area contributed by atoms with Crippen molar-refractivity contribution in [2.45, 2.75) is 23.1 Å². The van der Waals surface area contributed by atoms with Gasteiger partial charge in [-0.05, 0) is 42.8 Å². The van der Waals surface area contributed by atoms with E-state index in [1.807, 2.05) is 30.0 Å². The molecule has 1 atom stereocenters. The molecule has 0 bridgehead atoms. The molecule has 0 aliphatic carbocycles. The van der Waals surface area contributed by atoms with E-state index in [9.17, 15) is 0 Å². The summed E-state index contributed by atoms with van der Waals surface area (Å²) in [6, 6.07) is 18.8. The van der Waals surface area contributed by atoms with Gasteiger partial charge in [0.2, 0.25) is 0 Å². The fourth-order valence-corrected chi connectivity index (χ4v) is 4.23. The lowest BCUT2D eigenvalue weighted by atomic mass is 10.1. The van der Waals surface area contributed by atoms with Gasteiger partial charge in [0.15, 0.2) is 0 Å². The molecule has 0 radical (unpaired) electrons. The lowest BCUT2D eigenvalue weighted by molar-refractivity contribution is 0.327. The summed E-state index contributed by atoms with van der Waals surface area (Å²) < 4.78 is 0. The fraction of sp³-hybridized carbons (Fsp3) is 0.278. The normalized spacial score (nSPS) is 16.7. The largest absolute Gasteiger partial charge is 0.301 e. The summed E-state index contributed by atoms with van der Waals surface area (Å²) in [5.41, 5.74) is 3.42. The smallest absolute Gasteiger partial charge is 0.0991 e. The summed E-state index contributed by atoms with van der Waals surface area (Å²) in [6.45, 7) is 1.96. The minimum absolute atomic E-state index is 0.631. The Morgan fingerprint density at radius 2 is 2.10 bits per heavy atom. The Labute approximate surface area is 130 Å². The minimum atomic E-state index is 0.631. The maximum Gasteiger partial charge on any atom is 0.0991 e. The second-order valence-corrected chi connectivity index (χ2v) is 6.90. The highest BCUT2D eigenvalue weighted by atomic mass is 32.2. The predicted octanol–water partition coefficient (Wildman–Crippen LogP) is 3.71. The maximum absolute atomic E-state index is 8.96. The van der Waals surface area contributed by atoms with Crippen molar-refractivity contribution in [2.75, 3.05) is 13.6 Å². The highest BCUT2D eigenvalue weighted by Crippen LogP contribution is 2.36. The number of benzene rings is 2. The average molecular weight is 294 g/mol. The van der Waals surface area contributed by atoms with Gasteiger partial charge in [-0.2, -0.15) is 5.26 Å². The van der Waals surface area contributed by atoms with Gasteiger partial charge in [0.1, 0.15) is 0 Å². The summed E-state index contributed by atoms with van der Waals surface area (Å²) in [7, 11) is 2.16. The van der Waals surface area contributed by atoms with Crippen molar-refractivity contribution in [3.63, 3.8) is 0 Å². The van der Waals surface area contributed by atoms with Crippen molar-refractivity contribution >= 4 is 11.8 Å². The van der Waals surface area contributed by atoms with Crippen LogP contribution in [0, 0.1) is 11.3 Å². The highest BCUT2D eigenvalue weighted by molar-refractivity contribution is 8.00. The number of thioether (sulfide) groups is 1. The molecule has 2 aromatic rings. The first kappa shape index (κ1) is 14.2. The number of hydrogen-bond acceptors (Lipinski definition) is 3. The molecule has 1 aliphatic heterocycles. The lowest BCUT2D eigenvalue weighted by Gasteiger charge is -2.20. The van der Waals surface area contributed by atoms with Gasteiger partial charge in [0.25, 0.3) is 0 Å². The van der Waals surface area contributed by atoms with Gasteiger partial charge in [0.05, 0.1) is 11.6 Å². The van der Waals surface area contributed by atoms with Crippen LogP contribution in [0.1, 0.15) is 16.7 Å². The molecule has 0 saturated carbocycles. The van der Waals surface area contributed by atoms with Crippen LogP contribution < -0.4 is 0 Å². The third-order valence-corrected chi connectivity index (χ3v) is 5.04. The molecule has 0 saturated heterocycles. The van der Waals surface area contributed by atoms with Gasteiger partial charge < -0.3 is 4.90 Å². The van der Waals surface area contributed by atoms with Crippen molar-refractivity contribution in [1.29, 1.82) is 5.26 Å². The quantitative estimate of drug-likeness (QED) is 0.860. The van der Waals surface area contributed by atoms with Gasteiger partial charge in [-0.3, -0.25) is 0 Å². The van der Waals surface area contributed by atoms with E-state index in [1.165, 1.54) is 16.0 Å². The van der Waals surface area contributed by atoms with Crippen molar-refractivity contribution < 1.29 is 0 Å². The Hall–Kier alpha value is -1.76.